The Labute approximate surface area is 174 Å². The Morgan fingerprint density at radius 2 is 1.85 bits per heavy atom. The maximum atomic E-state index is 5.99. The number of benzene rings is 2. The van der Waals surface area contributed by atoms with Crippen LogP contribution >= 0.6 is 35.6 Å². The number of hydrogen-bond donors (Lipinski definition) is 2. The lowest BCUT2D eigenvalue weighted by molar-refractivity contribution is 0.375. The third-order valence-corrected chi connectivity index (χ3v) is 3.72. The molecular formula is C18H19ClIN5O. The first-order valence-corrected chi connectivity index (χ1v) is 8.19. The van der Waals surface area contributed by atoms with E-state index in [1.807, 2.05) is 30.3 Å². The summed E-state index contributed by atoms with van der Waals surface area (Å²) >= 11 is 5.99. The van der Waals surface area contributed by atoms with Crippen molar-refractivity contribution < 1.29 is 4.52 Å². The van der Waals surface area contributed by atoms with Crippen LogP contribution in [0.15, 0.2) is 64.1 Å². The van der Waals surface area contributed by atoms with Gasteiger partial charge in [-0.15, -0.1) is 24.0 Å². The zero-order chi connectivity index (χ0) is 17.5. The summed E-state index contributed by atoms with van der Waals surface area (Å²) in [5.74, 6) is 1.63. The molecule has 1 aromatic heterocycles. The molecule has 6 nitrogen and oxygen atoms in total. The van der Waals surface area contributed by atoms with E-state index in [1.54, 1.807) is 19.2 Å². The minimum absolute atomic E-state index is 0. The van der Waals surface area contributed by atoms with Crippen LogP contribution in [0.25, 0.3) is 11.4 Å². The van der Waals surface area contributed by atoms with Gasteiger partial charge in [-0.05, 0) is 17.7 Å². The molecule has 8 heteroatoms. The van der Waals surface area contributed by atoms with E-state index in [0.29, 0.717) is 35.8 Å². The summed E-state index contributed by atoms with van der Waals surface area (Å²) in [5.41, 5.74) is 1.99. The van der Waals surface area contributed by atoms with Crippen LogP contribution in [0.5, 0.6) is 0 Å². The summed E-state index contributed by atoms with van der Waals surface area (Å²) in [5, 5.41) is 11.0. The van der Waals surface area contributed by atoms with E-state index in [-0.39, 0.29) is 24.0 Å². The van der Waals surface area contributed by atoms with E-state index < -0.39 is 0 Å². The molecule has 26 heavy (non-hydrogen) atoms. The van der Waals surface area contributed by atoms with Crippen LogP contribution in [0, 0.1) is 0 Å². The van der Waals surface area contributed by atoms with E-state index in [4.69, 9.17) is 16.1 Å². The first-order valence-electron chi connectivity index (χ1n) is 7.81. The van der Waals surface area contributed by atoms with Gasteiger partial charge in [-0.2, -0.15) is 4.98 Å². The Morgan fingerprint density at radius 3 is 2.58 bits per heavy atom. The Hall–Kier alpha value is -2.13. The van der Waals surface area contributed by atoms with Crippen LogP contribution in [0.2, 0.25) is 5.02 Å². The van der Waals surface area contributed by atoms with Gasteiger partial charge in [0.1, 0.15) is 0 Å². The molecule has 0 radical (unpaired) electrons. The lowest BCUT2D eigenvalue weighted by Crippen LogP contribution is -2.36. The quantitative estimate of drug-likeness (QED) is 0.327. The normalized spacial score (nSPS) is 10.9. The molecule has 0 unspecified atom stereocenters. The Balaban J connectivity index is 0.00000243. The summed E-state index contributed by atoms with van der Waals surface area (Å²) in [4.78, 5) is 8.55. The van der Waals surface area contributed by atoms with Crippen LogP contribution in [-0.2, 0) is 13.1 Å². The standard InChI is InChI=1S/C18H18ClN5O.HI/c1-20-18(21-11-13-6-3-2-4-7-13)22-12-16-23-17(24-25-16)14-8-5-9-15(19)10-14;/h2-10H,11-12H2,1H3,(H2,20,21,22);1H. The first kappa shape index (κ1) is 20.2. The molecule has 2 N–H and O–H groups in total. The zero-order valence-corrected chi connectivity index (χ0v) is 17.2. The lowest BCUT2D eigenvalue weighted by Gasteiger charge is -2.10. The molecule has 0 saturated carbocycles. The summed E-state index contributed by atoms with van der Waals surface area (Å²) in [6.45, 7) is 1.06. The molecule has 2 aromatic carbocycles. The molecule has 136 valence electrons. The van der Waals surface area contributed by atoms with Crippen molar-refractivity contribution in [2.24, 2.45) is 4.99 Å². The molecule has 0 saturated heterocycles. The lowest BCUT2D eigenvalue weighted by atomic mass is 10.2. The molecule has 0 bridgehead atoms. The van der Waals surface area contributed by atoms with E-state index >= 15 is 0 Å². The molecule has 3 aromatic rings. The second-order valence-corrected chi connectivity index (χ2v) is 5.72. The summed E-state index contributed by atoms with van der Waals surface area (Å²) in [7, 11) is 1.71. The van der Waals surface area contributed by atoms with Gasteiger partial charge in [-0.25, -0.2) is 0 Å². The highest BCUT2D eigenvalue weighted by atomic mass is 127. The summed E-state index contributed by atoms with van der Waals surface area (Å²) in [6, 6.07) is 17.4. The van der Waals surface area contributed by atoms with Gasteiger partial charge in [0, 0.05) is 24.2 Å². The number of rotatable bonds is 5. The first-order chi connectivity index (χ1) is 12.2. The van der Waals surface area contributed by atoms with Crippen LogP contribution in [0.3, 0.4) is 0 Å². The molecule has 1 heterocycles. The predicted octanol–water partition coefficient (Wildman–Crippen LogP) is 3.87. The van der Waals surface area contributed by atoms with E-state index in [0.717, 1.165) is 5.56 Å². The molecule has 3 rings (SSSR count). The Bertz CT molecular complexity index is 854. The molecule has 0 spiro atoms. The van der Waals surface area contributed by atoms with Crippen LogP contribution < -0.4 is 10.6 Å². The monoisotopic (exact) mass is 483 g/mol. The molecule has 0 aliphatic heterocycles. The van der Waals surface area contributed by atoms with E-state index in [2.05, 4.69) is 37.9 Å². The molecule has 0 fully saturated rings. The smallest absolute Gasteiger partial charge is 0.246 e. The molecule has 0 amide bonds. The molecule has 0 atom stereocenters. The number of halogens is 2. The van der Waals surface area contributed by atoms with Crippen LogP contribution in [-0.4, -0.2) is 23.1 Å². The number of hydrogen-bond acceptors (Lipinski definition) is 4. The van der Waals surface area contributed by atoms with Crippen molar-refractivity contribution in [3.05, 3.63) is 71.1 Å². The van der Waals surface area contributed by atoms with Crippen molar-refractivity contribution in [3.63, 3.8) is 0 Å². The van der Waals surface area contributed by atoms with Gasteiger partial charge in [0.05, 0.1) is 6.54 Å². The minimum Gasteiger partial charge on any atom is -0.352 e. The van der Waals surface area contributed by atoms with Crippen LogP contribution in [0.1, 0.15) is 11.5 Å². The van der Waals surface area contributed by atoms with Crippen molar-refractivity contribution in [2.75, 3.05) is 7.05 Å². The minimum atomic E-state index is 0. The van der Waals surface area contributed by atoms with Gasteiger partial charge in [-0.1, -0.05) is 59.2 Å². The predicted molar refractivity (Wildman–Crippen MR) is 114 cm³/mol. The van der Waals surface area contributed by atoms with Crippen molar-refractivity contribution in [3.8, 4) is 11.4 Å². The fourth-order valence-electron chi connectivity index (χ4n) is 2.23. The summed E-state index contributed by atoms with van der Waals surface area (Å²) < 4.78 is 5.27. The van der Waals surface area contributed by atoms with Gasteiger partial charge < -0.3 is 15.2 Å². The Morgan fingerprint density at radius 1 is 1.08 bits per heavy atom. The van der Waals surface area contributed by atoms with E-state index in [9.17, 15) is 0 Å². The molecule has 0 aliphatic carbocycles. The Kier molecular flexibility index (Phi) is 7.86. The summed E-state index contributed by atoms with van der Waals surface area (Å²) in [6.07, 6.45) is 0. The number of nitrogens with one attached hydrogen (secondary N) is 2. The van der Waals surface area contributed by atoms with Gasteiger partial charge in [0.15, 0.2) is 5.96 Å². The highest BCUT2D eigenvalue weighted by molar-refractivity contribution is 14.0. The van der Waals surface area contributed by atoms with Crippen molar-refractivity contribution in [1.29, 1.82) is 0 Å². The van der Waals surface area contributed by atoms with Crippen molar-refractivity contribution in [2.45, 2.75) is 13.1 Å². The van der Waals surface area contributed by atoms with Crippen LogP contribution in [0.4, 0.5) is 0 Å². The van der Waals surface area contributed by atoms with Gasteiger partial charge >= 0.3 is 0 Å². The van der Waals surface area contributed by atoms with Gasteiger partial charge in [0.25, 0.3) is 0 Å². The van der Waals surface area contributed by atoms with Gasteiger partial charge in [-0.3, -0.25) is 4.99 Å². The fourth-order valence-corrected chi connectivity index (χ4v) is 2.42. The second kappa shape index (κ2) is 10.1. The topological polar surface area (TPSA) is 75.3 Å². The zero-order valence-electron chi connectivity index (χ0n) is 14.1. The molecule has 0 aliphatic rings. The SMILES string of the molecule is CN=C(NCc1ccccc1)NCc1nc(-c2cccc(Cl)c2)no1.I. The van der Waals surface area contributed by atoms with Crippen molar-refractivity contribution in [1.82, 2.24) is 20.8 Å². The third-order valence-electron chi connectivity index (χ3n) is 3.48. The average molecular weight is 484 g/mol. The third kappa shape index (κ3) is 5.70. The highest BCUT2D eigenvalue weighted by Crippen LogP contribution is 2.19. The number of aliphatic imine (C=N–C) groups is 1. The number of guanidine groups is 1. The average Bonchev–Trinajstić information content (AvgIpc) is 3.12. The van der Waals surface area contributed by atoms with Gasteiger partial charge in [0.2, 0.25) is 11.7 Å². The fraction of sp³-hybridized carbons (Fsp3) is 0.167. The van der Waals surface area contributed by atoms with E-state index in [1.165, 1.54) is 5.56 Å². The maximum Gasteiger partial charge on any atom is 0.246 e. The van der Waals surface area contributed by atoms with Crippen molar-refractivity contribution >= 4 is 41.5 Å². The highest BCUT2D eigenvalue weighted by Gasteiger charge is 2.09. The maximum absolute atomic E-state index is 5.99. The second-order valence-electron chi connectivity index (χ2n) is 5.29. The molecular weight excluding hydrogens is 465 g/mol. The largest absolute Gasteiger partial charge is 0.352 e. The number of nitrogens with zero attached hydrogens (tertiary/aromatic N) is 3. The number of aromatic nitrogens is 2.